The Balaban J connectivity index is 2.90. The van der Waals surface area contributed by atoms with Gasteiger partial charge in [-0.25, -0.2) is 4.98 Å². The summed E-state index contributed by atoms with van der Waals surface area (Å²) in [5.41, 5.74) is 1.09. The molecule has 0 radical (unpaired) electrons. The number of nitrogens with one attached hydrogen (secondary N) is 1. The van der Waals surface area contributed by atoms with Crippen molar-refractivity contribution in [1.29, 1.82) is 0 Å². The molecule has 0 saturated carbocycles. The lowest BCUT2D eigenvalue weighted by Crippen LogP contribution is -2.35. The molecule has 1 aromatic rings. The number of hydrogen-bond acceptors (Lipinski definition) is 3. The van der Waals surface area contributed by atoms with E-state index in [2.05, 4.69) is 43.9 Å². The van der Waals surface area contributed by atoms with Crippen LogP contribution in [0.2, 0.25) is 5.02 Å². The molecular weight excluding hydrogens is 258 g/mol. The van der Waals surface area contributed by atoms with Crippen molar-refractivity contribution in [2.75, 3.05) is 18.0 Å². The molecule has 104 valence electrons. The van der Waals surface area contributed by atoms with Crippen molar-refractivity contribution >= 4 is 17.4 Å². The van der Waals surface area contributed by atoms with E-state index in [1.165, 1.54) is 0 Å². The molecule has 0 amide bonds. The van der Waals surface area contributed by atoms with Crippen LogP contribution in [-0.2, 0) is 6.54 Å². The quantitative estimate of drug-likeness (QED) is 0.840. The van der Waals surface area contributed by atoms with E-state index in [0.29, 0.717) is 18.1 Å². The largest absolute Gasteiger partial charge is 0.346 e. The average molecular weight is 280 g/mol. The molecule has 0 aliphatic rings. The molecule has 0 unspecified atom stereocenters. The van der Waals surface area contributed by atoms with Gasteiger partial charge >= 0.3 is 0 Å². The predicted molar refractivity (Wildman–Crippen MR) is 82.6 cm³/mol. The fourth-order valence-electron chi connectivity index (χ4n) is 1.60. The van der Waals surface area contributed by atoms with E-state index in [0.717, 1.165) is 17.9 Å². The molecule has 19 heavy (non-hydrogen) atoms. The first kappa shape index (κ1) is 15.8. The lowest BCUT2D eigenvalue weighted by Gasteiger charge is -2.23. The zero-order valence-corrected chi connectivity index (χ0v) is 12.9. The third kappa shape index (κ3) is 5.10. The fraction of sp³-hybridized carbons (Fsp3) is 0.533. The van der Waals surface area contributed by atoms with Gasteiger partial charge in [0, 0.05) is 24.8 Å². The topological polar surface area (TPSA) is 28.2 Å². The molecule has 4 heteroatoms. The lowest BCUT2D eigenvalue weighted by atomic mass is 10.1. The lowest BCUT2D eigenvalue weighted by molar-refractivity contribution is 0.424. The summed E-state index contributed by atoms with van der Waals surface area (Å²) in [5, 5.41) is 4.10. The molecule has 0 atom stereocenters. The van der Waals surface area contributed by atoms with Crippen molar-refractivity contribution in [3.8, 4) is 12.3 Å². The molecule has 1 N–H and O–H groups in total. The Morgan fingerprint density at radius 2 is 2.16 bits per heavy atom. The van der Waals surface area contributed by atoms with Crippen LogP contribution in [0.1, 0.15) is 33.3 Å². The second kappa shape index (κ2) is 6.79. The maximum atomic E-state index is 6.19. The van der Waals surface area contributed by atoms with Crippen molar-refractivity contribution in [3.63, 3.8) is 0 Å². The molecule has 0 aliphatic heterocycles. The number of halogens is 1. The van der Waals surface area contributed by atoms with Gasteiger partial charge in [-0.1, -0.05) is 17.5 Å². The molecule has 0 fully saturated rings. The summed E-state index contributed by atoms with van der Waals surface area (Å²) >= 11 is 6.19. The Labute approximate surface area is 121 Å². The van der Waals surface area contributed by atoms with Crippen LogP contribution in [0.25, 0.3) is 0 Å². The summed E-state index contributed by atoms with van der Waals surface area (Å²) in [6.07, 6.45) is 7.06. The minimum atomic E-state index is 0.0516. The van der Waals surface area contributed by atoms with E-state index in [4.69, 9.17) is 18.0 Å². The first-order chi connectivity index (χ1) is 8.87. The normalized spacial score (nSPS) is 11.2. The molecule has 0 spiro atoms. The minimum Gasteiger partial charge on any atom is -0.346 e. The minimum absolute atomic E-state index is 0.0516. The number of hydrogen-bond donors (Lipinski definition) is 1. The number of pyridine rings is 1. The van der Waals surface area contributed by atoms with Crippen molar-refractivity contribution in [2.24, 2.45) is 0 Å². The molecule has 0 saturated heterocycles. The van der Waals surface area contributed by atoms with Crippen LogP contribution in [0.5, 0.6) is 0 Å². The standard InChI is InChI=1S/C15H22ClN3/c1-6-8-19(7-2)14-9-12(13(16)11-17-14)10-18-15(3,4)5/h1,9,11,18H,7-8,10H2,2-5H3. The Morgan fingerprint density at radius 3 is 2.68 bits per heavy atom. The maximum Gasteiger partial charge on any atom is 0.129 e. The van der Waals surface area contributed by atoms with Gasteiger partial charge in [-0.2, -0.15) is 0 Å². The third-order valence-electron chi connectivity index (χ3n) is 2.72. The number of terminal acetylenes is 1. The van der Waals surface area contributed by atoms with Gasteiger partial charge in [-0.15, -0.1) is 6.42 Å². The highest BCUT2D eigenvalue weighted by Gasteiger charge is 2.12. The van der Waals surface area contributed by atoms with Crippen molar-refractivity contribution in [1.82, 2.24) is 10.3 Å². The van der Waals surface area contributed by atoms with Crippen LogP contribution in [0.15, 0.2) is 12.3 Å². The van der Waals surface area contributed by atoms with Crippen molar-refractivity contribution in [3.05, 3.63) is 22.8 Å². The average Bonchev–Trinajstić information content (AvgIpc) is 2.34. The van der Waals surface area contributed by atoms with Gasteiger partial charge in [0.25, 0.3) is 0 Å². The Kier molecular flexibility index (Phi) is 5.65. The van der Waals surface area contributed by atoms with Crippen LogP contribution in [0.4, 0.5) is 5.82 Å². The van der Waals surface area contributed by atoms with Gasteiger partial charge in [-0.05, 0) is 39.3 Å². The molecule has 0 aromatic carbocycles. The molecule has 3 nitrogen and oxygen atoms in total. The van der Waals surface area contributed by atoms with E-state index < -0.39 is 0 Å². The molecule has 0 bridgehead atoms. The highest BCUT2D eigenvalue weighted by Crippen LogP contribution is 2.21. The Hall–Kier alpha value is -1.24. The summed E-state index contributed by atoms with van der Waals surface area (Å²) in [6, 6.07) is 2.00. The SMILES string of the molecule is C#CCN(CC)c1cc(CNC(C)(C)C)c(Cl)cn1. The summed E-state index contributed by atoms with van der Waals surface area (Å²) in [4.78, 5) is 6.38. The number of aromatic nitrogens is 1. The monoisotopic (exact) mass is 279 g/mol. The van der Waals surface area contributed by atoms with E-state index in [1.54, 1.807) is 6.20 Å². The van der Waals surface area contributed by atoms with Gasteiger partial charge in [0.15, 0.2) is 0 Å². The van der Waals surface area contributed by atoms with Gasteiger partial charge in [-0.3, -0.25) is 0 Å². The molecule has 1 aromatic heterocycles. The van der Waals surface area contributed by atoms with Crippen LogP contribution in [0, 0.1) is 12.3 Å². The highest BCUT2D eigenvalue weighted by atomic mass is 35.5. The summed E-state index contributed by atoms with van der Waals surface area (Å²) in [5.74, 6) is 3.52. The predicted octanol–water partition coefficient (Wildman–Crippen LogP) is 3.08. The van der Waals surface area contributed by atoms with Crippen LogP contribution >= 0.6 is 11.6 Å². The Morgan fingerprint density at radius 1 is 1.47 bits per heavy atom. The number of anilines is 1. The number of rotatable bonds is 5. The smallest absolute Gasteiger partial charge is 0.129 e. The van der Waals surface area contributed by atoms with E-state index in [1.807, 2.05) is 11.0 Å². The van der Waals surface area contributed by atoms with Gasteiger partial charge in [0.05, 0.1) is 11.6 Å². The maximum absolute atomic E-state index is 6.19. The molecule has 1 rings (SSSR count). The van der Waals surface area contributed by atoms with E-state index in [9.17, 15) is 0 Å². The van der Waals surface area contributed by atoms with Gasteiger partial charge < -0.3 is 10.2 Å². The second-order valence-corrected chi connectivity index (χ2v) is 5.86. The summed E-state index contributed by atoms with van der Waals surface area (Å²) in [7, 11) is 0. The second-order valence-electron chi connectivity index (χ2n) is 5.46. The van der Waals surface area contributed by atoms with E-state index in [-0.39, 0.29) is 5.54 Å². The number of nitrogens with zero attached hydrogens (tertiary/aromatic N) is 2. The van der Waals surface area contributed by atoms with Crippen LogP contribution in [0.3, 0.4) is 0 Å². The van der Waals surface area contributed by atoms with Crippen molar-refractivity contribution < 1.29 is 0 Å². The molecule has 0 aliphatic carbocycles. The first-order valence-corrected chi connectivity index (χ1v) is 6.83. The van der Waals surface area contributed by atoms with Gasteiger partial charge in [0.1, 0.15) is 5.82 Å². The third-order valence-corrected chi connectivity index (χ3v) is 3.06. The molecule has 1 heterocycles. The first-order valence-electron chi connectivity index (χ1n) is 6.45. The van der Waals surface area contributed by atoms with Crippen LogP contribution < -0.4 is 10.2 Å². The highest BCUT2D eigenvalue weighted by molar-refractivity contribution is 6.31. The summed E-state index contributed by atoms with van der Waals surface area (Å²) < 4.78 is 0. The fourth-order valence-corrected chi connectivity index (χ4v) is 1.77. The molecular formula is C15H22ClN3. The summed E-state index contributed by atoms with van der Waals surface area (Å²) in [6.45, 7) is 10.5. The van der Waals surface area contributed by atoms with Crippen LogP contribution in [-0.4, -0.2) is 23.6 Å². The zero-order chi connectivity index (χ0) is 14.5. The zero-order valence-electron chi connectivity index (χ0n) is 12.1. The van der Waals surface area contributed by atoms with Gasteiger partial charge in [0.2, 0.25) is 0 Å². The van der Waals surface area contributed by atoms with E-state index >= 15 is 0 Å². The Bertz CT molecular complexity index is 457. The van der Waals surface area contributed by atoms with Crippen molar-refractivity contribution in [2.45, 2.75) is 39.8 Å².